The second-order valence-corrected chi connectivity index (χ2v) is 0.492. The summed E-state index contributed by atoms with van der Waals surface area (Å²) in [5.74, 6) is -1.08. The zero-order chi connectivity index (χ0) is 5.58. The molecule has 0 unspecified atom stereocenters. The maximum Gasteiger partial charge on any atom is 2.00 e. The van der Waals surface area contributed by atoms with Crippen LogP contribution in [0, 0.1) is 0 Å². The molecule has 0 fully saturated rings. The average Bonchev–Trinajstić information content (AvgIpc) is 1.41. The van der Waals surface area contributed by atoms with E-state index >= 15 is 0 Å². The SMILES string of the molecule is CC(=O)[O-].O.OO.[Ca+2]. The number of carbonyl (C=O) groups excluding carboxylic acids is 1. The van der Waals surface area contributed by atoms with Gasteiger partial charge in [0, 0.05) is 5.97 Å². The average molecular weight is 151 g/mol. The molecular weight excluding hydrogens is 144 g/mol. The van der Waals surface area contributed by atoms with Gasteiger partial charge in [-0.3, -0.25) is 10.5 Å². The third-order valence-corrected chi connectivity index (χ3v) is 0. The number of hydrogen-bond donors (Lipinski definition) is 2. The first-order valence-corrected chi connectivity index (χ1v) is 1.11. The topological polar surface area (TPSA) is 112 Å². The number of carboxylic acid groups (broad SMARTS) is 1. The van der Waals surface area contributed by atoms with Gasteiger partial charge in [-0.25, -0.2) is 0 Å². The fourth-order valence-electron chi connectivity index (χ4n) is 0. The number of aliphatic carboxylic acids is 1. The maximum absolute atomic E-state index is 8.89. The van der Waals surface area contributed by atoms with Gasteiger partial charge < -0.3 is 15.4 Å². The molecule has 0 aromatic heterocycles. The molecule has 4 N–H and O–H groups in total. The zero-order valence-electron chi connectivity index (χ0n) is 4.42. The molecule has 5 nitrogen and oxygen atoms in total. The number of rotatable bonds is 0. The monoisotopic (exact) mass is 151 g/mol. The van der Waals surface area contributed by atoms with Crippen molar-refractivity contribution >= 4 is 43.7 Å². The first-order chi connectivity index (χ1) is 2.73. The Morgan fingerprint density at radius 3 is 1.50 bits per heavy atom. The van der Waals surface area contributed by atoms with Crippen LogP contribution in [0.15, 0.2) is 0 Å². The van der Waals surface area contributed by atoms with Crippen molar-refractivity contribution in [2.24, 2.45) is 0 Å². The van der Waals surface area contributed by atoms with Crippen LogP contribution in [0.1, 0.15) is 6.92 Å². The van der Waals surface area contributed by atoms with Gasteiger partial charge in [-0.1, -0.05) is 0 Å². The first-order valence-electron chi connectivity index (χ1n) is 1.11. The largest absolute Gasteiger partial charge is 2.00 e. The van der Waals surface area contributed by atoms with Crippen molar-refractivity contribution in [2.75, 3.05) is 0 Å². The van der Waals surface area contributed by atoms with Crippen LogP contribution in [0.25, 0.3) is 0 Å². The molecule has 0 aromatic carbocycles. The minimum Gasteiger partial charge on any atom is -0.550 e. The van der Waals surface area contributed by atoms with Crippen LogP contribution < -0.4 is 5.11 Å². The van der Waals surface area contributed by atoms with E-state index in [1.54, 1.807) is 0 Å². The van der Waals surface area contributed by atoms with Crippen molar-refractivity contribution in [3.8, 4) is 0 Å². The molecule has 0 rings (SSSR count). The summed E-state index contributed by atoms with van der Waals surface area (Å²) in [5.41, 5.74) is 0. The molecule has 0 atom stereocenters. The van der Waals surface area contributed by atoms with Crippen molar-refractivity contribution in [1.29, 1.82) is 0 Å². The molecule has 6 heteroatoms. The molecule has 8 heavy (non-hydrogen) atoms. The summed E-state index contributed by atoms with van der Waals surface area (Å²) in [5, 5.41) is 20.9. The van der Waals surface area contributed by atoms with Gasteiger partial charge in [0.1, 0.15) is 0 Å². The fourth-order valence-corrected chi connectivity index (χ4v) is 0. The Labute approximate surface area is 76.2 Å². The molecule has 0 aliphatic heterocycles. The summed E-state index contributed by atoms with van der Waals surface area (Å²) in [6.07, 6.45) is 0. The quantitative estimate of drug-likeness (QED) is 0.227. The van der Waals surface area contributed by atoms with Crippen LogP contribution in [-0.4, -0.2) is 59.7 Å². The Hall–Kier alpha value is 0.610. The molecule has 0 aromatic rings. The molecule has 0 aliphatic carbocycles. The Kier molecular flexibility index (Phi) is 74.8. The van der Waals surface area contributed by atoms with Gasteiger partial charge in [-0.2, -0.15) is 0 Å². The maximum atomic E-state index is 8.89. The van der Waals surface area contributed by atoms with Gasteiger partial charge in [-0.05, 0) is 6.92 Å². The van der Waals surface area contributed by atoms with Gasteiger partial charge in [0.05, 0.1) is 0 Å². The standard InChI is InChI=1S/C2H4O2.Ca.H2O2.H2O/c1-2(3)4;;1-2;/h1H3,(H,3,4);;1-2H;1H2/q;+2;;/p-1. The minimum absolute atomic E-state index is 0. The van der Waals surface area contributed by atoms with Crippen molar-refractivity contribution in [2.45, 2.75) is 6.92 Å². The molecule has 0 saturated carbocycles. The zero-order valence-corrected chi connectivity index (χ0v) is 6.63. The fraction of sp³-hybridized carbons (Fsp3) is 0.500. The normalized spacial score (nSPS) is 3.88. The van der Waals surface area contributed by atoms with Crippen molar-refractivity contribution < 1.29 is 25.9 Å². The molecule has 0 amide bonds. The molecule has 0 saturated heterocycles. The van der Waals surface area contributed by atoms with Gasteiger partial charge in [0.2, 0.25) is 0 Å². The Balaban J connectivity index is -0.0000000183. The smallest absolute Gasteiger partial charge is 0.550 e. The number of carboxylic acids is 1. The van der Waals surface area contributed by atoms with E-state index < -0.39 is 5.97 Å². The molecule has 0 bridgehead atoms. The molecule has 0 aliphatic rings. The van der Waals surface area contributed by atoms with E-state index in [0.717, 1.165) is 6.92 Å². The summed E-state index contributed by atoms with van der Waals surface area (Å²) in [6, 6.07) is 0. The van der Waals surface area contributed by atoms with Crippen LogP contribution >= 0.6 is 0 Å². The molecule has 0 heterocycles. The van der Waals surface area contributed by atoms with Crippen LogP contribution in [0.4, 0.5) is 0 Å². The number of carbonyl (C=O) groups is 1. The van der Waals surface area contributed by atoms with E-state index in [1.165, 1.54) is 0 Å². The third kappa shape index (κ3) is 559. The predicted octanol–water partition coefficient (Wildman–Crippen LogP) is -2.43. The third-order valence-electron chi connectivity index (χ3n) is 0. The Morgan fingerprint density at radius 2 is 1.50 bits per heavy atom. The predicted molar refractivity (Wildman–Crippen MR) is 25.3 cm³/mol. The Morgan fingerprint density at radius 1 is 1.50 bits per heavy atom. The number of hydrogen-bond acceptors (Lipinski definition) is 4. The van der Waals surface area contributed by atoms with Gasteiger partial charge in [-0.15, -0.1) is 0 Å². The van der Waals surface area contributed by atoms with E-state index in [-0.39, 0.29) is 43.2 Å². The van der Waals surface area contributed by atoms with E-state index in [1.807, 2.05) is 0 Å². The summed E-state index contributed by atoms with van der Waals surface area (Å²) in [6.45, 7) is 0.972. The van der Waals surface area contributed by atoms with E-state index in [2.05, 4.69) is 0 Å². The van der Waals surface area contributed by atoms with Crippen molar-refractivity contribution in [1.82, 2.24) is 0 Å². The van der Waals surface area contributed by atoms with Crippen LogP contribution in [0.2, 0.25) is 0 Å². The second kappa shape index (κ2) is 25.5. The van der Waals surface area contributed by atoms with Gasteiger partial charge in [0.25, 0.3) is 0 Å². The summed E-state index contributed by atoms with van der Waals surface area (Å²) in [4.78, 5) is 8.89. The van der Waals surface area contributed by atoms with Gasteiger partial charge >= 0.3 is 37.7 Å². The van der Waals surface area contributed by atoms with Crippen LogP contribution in [0.3, 0.4) is 0 Å². The van der Waals surface area contributed by atoms with Crippen LogP contribution in [-0.2, 0) is 4.79 Å². The summed E-state index contributed by atoms with van der Waals surface area (Å²) >= 11 is 0. The van der Waals surface area contributed by atoms with Gasteiger partial charge in [0.15, 0.2) is 0 Å². The molecule has 46 valence electrons. The van der Waals surface area contributed by atoms with E-state index in [0.29, 0.717) is 0 Å². The summed E-state index contributed by atoms with van der Waals surface area (Å²) in [7, 11) is 0. The van der Waals surface area contributed by atoms with Crippen LogP contribution in [0.5, 0.6) is 0 Å². The van der Waals surface area contributed by atoms with Crippen molar-refractivity contribution in [3.63, 3.8) is 0 Å². The van der Waals surface area contributed by atoms with E-state index in [9.17, 15) is 0 Å². The second-order valence-electron chi connectivity index (χ2n) is 0.492. The first kappa shape index (κ1) is 23.5. The van der Waals surface area contributed by atoms with Crippen molar-refractivity contribution in [3.05, 3.63) is 0 Å². The van der Waals surface area contributed by atoms with E-state index in [4.69, 9.17) is 20.4 Å². The molecule has 0 spiro atoms. The minimum atomic E-state index is -1.08. The Bertz CT molecular complexity index is 33.4. The molecular formula is C2H7CaO5+. The summed E-state index contributed by atoms with van der Waals surface area (Å²) < 4.78 is 0. The molecule has 0 radical (unpaired) electrons.